The van der Waals surface area contributed by atoms with Crippen molar-refractivity contribution >= 4 is 5.97 Å². The minimum Gasteiger partial charge on any atom is -0.481 e. The monoisotopic (exact) mass is 220 g/mol. The fourth-order valence-corrected chi connectivity index (χ4v) is 1.35. The highest BCUT2D eigenvalue weighted by molar-refractivity contribution is 5.66. The van der Waals surface area contributed by atoms with Crippen molar-refractivity contribution in [3.05, 3.63) is 0 Å². The molecular formula is C10H20O5. The zero-order chi connectivity index (χ0) is 11.7. The van der Waals surface area contributed by atoms with E-state index in [2.05, 4.69) is 0 Å². The van der Waals surface area contributed by atoms with Crippen LogP contribution < -0.4 is 0 Å². The molecular weight excluding hydrogens is 200 g/mol. The van der Waals surface area contributed by atoms with Crippen molar-refractivity contribution in [2.24, 2.45) is 0 Å². The Morgan fingerprint density at radius 1 is 0.867 bits per heavy atom. The molecule has 0 radical (unpaired) electrons. The van der Waals surface area contributed by atoms with Gasteiger partial charge in [-0.05, 0) is 12.8 Å². The van der Waals surface area contributed by atoms with Gasteiger partial charge in [0.05, 0.1) is 0 Å². The lowest BCUT2D eigenvalue weighted by atomic mass is 10.1. The standard InChI is InChI=1S/C10H20O5/c11-9(12)7-5-3-1-2-4-6-8-10(13,14)15/h13-15H,1-8H2,(H,11,12). The molecule has 0 aliphatic carbocycles. The van der Waals surface area contributed by atoms with E-state index in [1.54, 1.807) is 0 Å². The van der Waals surface area contributed by atoms with Crippen LogP contribution in [-0.2, 0) is 4.79 Å². The molecule has 0 atom stereocenters. The Balaban J connectivity index is 3.09. The van der Waals surface area contributed by atoms with E-state index < -0.39 is 11.9 Å². The summed E-state index contributed by atoms with van der Waals surface area (Å²) in [6.07, 6.45) is 5.00. The predicted molar refractivity (Wildman–Crippen MR) is 54.0 cm³/mol. The van der Waals surface area contributed by atoms with E-state index in [1.165, 1.54) is 0 Å². The van der Waals surface area contributed by atoms with Gasteiger partial charge in [-0.25, -0.2) is 0 Å². The average Bonchev–Trinajstić information content (AvgIpc) is 2.07. The van der Waals surface area contributed by atoms with Gasteiger partial charge in [-0.15, -0.1) is 0 Å². The summed E-state index contributed by atoms with van der Waals surface area (Å²) >= 11 is 0. The van der Waals surface area contributed by atoms with E-state index in [0.29, 0.717) is 12.8 Å². The number of carboxylic acids is 1. The third-order valence-electron chi connectivity index (χ3n) is 2.15. The van der Waals surface area contributed by atoms with Gasteiger partial charge in [0, 0.05) is 12.8 Å². The van der Waals surface area contributed by atoms with Gasteiger partial charge >= 0.3 is 5.97 Å². The van der Waals surface area contributed by atoms with Crippen molar-refractivity contribution in [3.8, 4) is 0 Å². The molecule has 0 spiro atoms. The number of unbranched alkanes of at least 4 members (excludes halogenated alkanes) is 5. The molecule has 0 saturated carbocycles. The molecule has 0 fully saturated rings. The van der Waals surface area contributed by atoms with Crippen LogP contribution in [0.5, 0.6) is 0 Å². The second kappa shape index (κ2) is 7.62. The molecule has 0 rings (SSSR count). The molecule has 0 saturated heterocycles. The second-order valence-corrected chi connectivity index (χ2v) is 3.79. The number of hydrogen-bond acceptors (Lipinski definition) is 4. The molecule has 0 bridgehead atoms. The van der Waals surface area contributed by atoms with Gasteiger partial charge in [-0.1, -0.05) is 25.7 Å². The molecule has 0 aromatic carbocycles. The van der Waals surface area contributed by atoms with Crippen LogP contribution in [0.1, 0.15) is 51.4 Å². The Bertz CT molecular complexity index is 173. The number of aliphatic hydroxyl groups is 3. The van der Waals surface area contributed by atoms with Crippen LogP contribution in [0.15, 0.2) is 0 Å². The number of hydrogen-bond donors (Lipinski definition) is 4. The lowest BCUT2D eigenvalue weighted by Crippen LogP contribution is -2.26. The van der Waals surface area contributed by atoms with Crippen molar-refractivity contribution < 1.29 is 25.2 Å². The van der Waals surface area contributed by atoms with Crippen molar-refractivity contribution in [2.75, 3.05) is 0 Å². The third kappa shape index (κ3) is 13.3. The van der Waals surface area contributed by atoms with Crippen LogP contribution >= 0.6 is 0 Å². The van der Waals surface area contributed by atoms with Gasteiger partial charge in [0.1, 0.15) is 0 Å². The first kappa shape index (κ1) is 14.3. The quantitative estimate of drug-likeness (QED) is 0.340. The van der Waals surface area contributed by atoms with Crippen molar-refractivity contribution in [2.45, 2.75) is 57.3 Å². The molecule has 15 heavy (non-hydrogen) atoms. The second-order valence-electron chi connectivity index (χ2n) is 3.79. The third-order valence-corrected chi connectivity index (χ3v) is 2.15. The molecule has 0 aliphatic heterocycles. The number of carbonyl (C=O) groups is 1. The Hall–Kier alpha value is -0.650. The van der Waals surface area contributed by atoms with E-state index in [9.17, 15) is 4.79 Å². The zero-order valence-electron chi connectivity index (χ0n) is 8.85. The predicted octanol–water partition coefficient (Wildman–Crippen LogP) is 0.823. The molecule has 5 heteroatoms. The summed E-state index contributed by atoms with van der Waals surface area (Å²) in [6.45, 7) is 0. The number of rotatable bonds is 9. The summed E-state index contributed by atoms with van der Waals surface area (Å²) in [5.41, 5.74) is 0. The SMILES string of the molecule is O=C(O)CCCCCCCCC(O)(O)O. The minimum absolute atomic E-state index is 0.0396. The molecule has 0 aromatic heterocycles. The maximum Gasteiger partial charge on any atom is 0.303 e. The van der Waals surface area contributed by atoms with Crippen LogP contribution in [0.2, 0.25) is 0 Å². The summed E-state index contributed by atoms with van der Waals surface area (Å²) in [7, 11) is 0. The van der Waals surface area contributed by atoms with Gasteiger partial charge in [0.15, 0.2) is 0 Å². The lowest BCUT2D eigenvalue weighted by molar-refractivity contribution is -0.315. The Labute approximate surface area is 89.4 Å². The van der Waals surface area contributed by atoms with Crippen LogP contribution in [-0.4, -0.2) is 32.4 Å². The van der Waals surface area contributed by atoms with E-state index in [4.69, 9.17) is 20.4 Å². The van der Waals surface area contributed by atoms with Gasteiger partial charge in [0.25, 0.3) is 5.97 Å². The van der Waals surface area contributed by atoms with Crippen LogP contribution in [0.25, 0.3) is 0 Å². The summed E-state index contributed by atoms with van der Waals surface area (Å²) in [6, 6.07) is 0. The first-order chi connectivity index (χ1) is 6.92. The van der Waals surface area contributed by atoms with Crippen molar-refractivity contribution in [3.63, 3.8) is 0 Å². The highest BCUT2D eigenvalue weighted by Gasteiger charge is 2.16. The van der Waals surface area contributed by atoms with Gasteiger partial charge < -0.3 is 20.4 Å². The normalized spacial score (nSPS) is 11.7. The smallest absolute Gasteiger partial charge is 0.303 e. The molecule has 90 valence electrons. The highest BCUT2D eigenvalue weighted by atomic mass is 16.7. The van der Waals surface area contributed by atoms with Gasteiger partial charge in [-0.3, -0.25) is 4.79 Å². The van der Waals surface area contributed by atoms with Crippen molar-refractivity contribution in [1.82, 2.24) is 0 Å². The van der Waals surface area contributed by atoms with Gasteiger partial charge in [0.2, 0.25) is 0 Å². The average molecular weight is 220 g/mol. The molecule has 0 heterocycles. The molecule has 0 unspecified atom stereocenters. The summed E-state index contributed by atoms with van der Waals surface area (Å²) < 4.78 is 0. The summed E-state index contributed by atoms with van der Waals surface area (Å²) in [5.74, 6) is -3.30. The lowest BCUT2D eigenvalue weighted by Gasteiger charge is -2.12. The Morgan fingerprint density at radius 3 is 1.80 bits per heavy atom. The van der Waals surface area contributed by atoms with Crippen molar-refractivity contribution in [1.29, 1.82) is 0 Å². The van der Waals surface area contributed by atoms with Gasteiger partial charge in [-0.2, -0.15) is 0 Å². The van der Waals surface area contributed by atoms with Crippen LogP contribution in [0.4, 0.5) is 0 Å². The summed E-state index contributed by atoms with van der Waals surface area (Å²) in [4.78, 5) is 10.2. The van der Waals surface area contributed by atoms with Crippen LogP contribution in [0, 0.1) is 0 Å². The first-order valence-corrected chi connectivity index (χ1v) is 5.31. The molecule has 0 aliphatic rings. The van der Waals surface area contributed by atoms with E-state index in [-0.39, 0.29) is 12.8 Å². The Morgan fingerprint density at radius 2 is 1.33 bits per heavy atom. The maximum atomic E-state index is 10.2. The molecule has 0 aromatic rings. The highest BCUT2D eigenvalue weighted by Crippen LogP contribution is 2.12. The maximum absolute atomic E-state index is 10.2. The fraction of sp³-hybridized carbons (Fsp3) is 0.900. The molecule has 4 N–H and O–H groups in total. The number of aliphatic carboxylic acids is 1. The Kier molecular flexibility index (Phi) is 7.29. The zero-order valence-corrected chi connectivity index (χ0v) is 8.85. The molecule has 5 nitrogen and oxygen atoms in total. The van der Waals surface area contributed by atoms with Crippen LogP contribution in [0.3, 0.4) is 0 Å². The first-order valence-electron chi connectivity index (χ1n) is 5.31. The summed E-state index contributed by atoms with van der Waals surface area (Å²) in [5, 5.41) is 34.1. The number of carboxylic acid groups (broad SMARTS) is 1. The van der Waals surface area contributed by atoms with E-state index in [1.807, 2.05) is 0 Å². The molecule has 0 amide bonds. The van der Waals surface area contributed by atoms with E-state index >= 15 is 0 Å². The largest absolute Gasteiger partial charge is 0.481 e. The minimum atomic E-state index is -2.54. The fourth-order valence-electron chi connectivity index (χ4n) is 1.35. The van der Waals surface area contributed by atoms with E-state index in [0.717, 1.165) is 25.7 Å². The topological polar surface area (TPSA) is 98.0 Å².